The first-order valence-corrected chi connectivity index (χ1v) is 5.94. The minimum atomic E-state index is -0.00422. The first-order chi connectivity index (χ1) is 8.19. The Morgan fingerprint density at radius 1 is 1.18 bits per heavy atom. The van der Waals surface area contributed by atoms with Crippen LogP contribution in [0.15, 0.2) is 12.1 Å². The third-order valence-corrected chi connectivity index (χ3v) is 2.51. The lowest BCUT2D eigenvalue weighted by Gasteiger charge is -2.12. The van der Waals surface area contributed by atoms with Gasteiger partial charge >= 0.3 is 0 Å². The van der Waals surface area contributed by atoms with E-state index in [2.05, 4.69) is 0 Å². The highest BCUT2D eigenvalue weighted by Gasteiger charge is 2.09. The van der Waals surface area contributed by atoms with Crippen molar-refractivity contribution in [3.63, 3.8) is 0 Å². The molecule has 0 radical (unpaired) electrons. The molecule has 0 fully saturated rings. The Bertz CT molecular complexity index is 361. The molecule has 4 nitrogen and oxygen atoms in total. The first-order valence-electron chi connectivity index (χ1n) is 5.18. The summed E-state index contributed by atoms with van der Waals surface area (Å²) >= 11 is 11.9. The first kappa shape index (κ1) is 14.5. The molecule has 0 unspecified atom stereocenters. The van der Waals surface area contributed by atoms with Crippen LogP contribution in [0.25, 0.3) is 0 Å². The molecule has 1 rings (SSSR count). The summed E-state index contributed by atoms with van der Waals surface area (Å²) in [5, 5.41) is 9.48. The molecule has 0 saturated heterocycles. The van der Waals surface area contributed by atoms with Crippen LogP contribution in [0.5, 0.6) is 5.75 Å². The standard InChI is InChI=1S/C11H15Cl2NO3/c12-9-5-8(7-14)11(10(13)6-9)17-4-3-16-2-1-15/h5-6,15H,1-4,7,14H2. The van der Waals surface area contributed by atoms with Gasteiger partial charge in [0.15, 0.2) is 0 Å². The number of halogens is 2. The highest BCUT2D eigenvalue weighted by atomic mass is 35.5. The summed E-state index contributed by atoms with van der Waals surface area (Å²) in [6, 6.07) is 3.32. The van der Waals surface area contributed by atoms with E-state index in [4.69, 9.17) is 43.5 Å². The maximum atomic E-state index is 8.52. The molecule has 96 valence electrons. The van der Waals surface area contributed by atoms with E-state index in [1.165, 1.54) is 0 Å². The Balaban J connectivity index is 2.57. The number of benzene rings is 1. The zero-order valence-corrected chi connectivity index (χ0v) is 10.8. The molecule has 0 aromatic heterocycles. The van der Waals surface area contributed by atoms with Crippen molar-refractivity contribution in [1.82, 2.24) is 0 Å². The summed E-state index contributed by atoms with van der Waals surface area (Å²) in [5.41, 5.74) is 6.33. The summed E-state index contributed by atoms with van der Waals surface area (Å²) in [6.07, 6.45) is 0. The van der Waals surface area contributed by atoms with Gasteiger partial charge in [0.25, 0.3) is 0 Å². The van der Waals surface area contributed by atoms with Crippen LogP contribution in [0.3, 0.4) is 0 Å². The molecule has 0 saturated carbocycles. The number of rotatable bonds is 7. The summed E-state index contributed by atoms with van der Waals surface area (Å²) in [5.74, 6) is 0.533. The van der Waals surface area contributed by atoms with Crippen LogP contribution in [-0.2, 0) is 11.3 Å². The van der Waals surface area contributed by atoms with Gasteiger partial charge in [0.1, 0.15) is 12.4 Å². The van der Waals surface area contributed by atoms with Gasteiger partial charge in [-0.05, 0) is 12.1 Å². The van der Waals surface area contributed by atoms with Crippen molar-refractivity contribution < 1.29 is 14.6 Å². The molecule has 0 amide bonds. The monoisotopic (exact) mass is 279 g/mol. The van der Waals surface area contributed by atoms with Crippen LogP contribution in [0.2, 0.25) is 10.0 Å². The quantitative estimate of drug-likeness (QED) is 0.748. The number of ether oxygens (including phenoxy) is 2. The van der Waals surface area contributed by atoms with Gasteiger partial charge in [-0.2, -0.15) is 0 Å². The van der Waals surface area contributed by atoms with Gasteiger partial charge in [-0.3, -0.25) is 0 Å². The van der Waals surface area contributed by atoms with E-state index >= 15 is 0 Å². The largest absolute Gasteiger partial charge is 0.489 e. The average Bonchev–Trinajstić information content (AvgIpc) is 2.30. The Labute approximate surface area is 110 Å². The maximum absolute atomic E-state index is 8.52. The number of aliphatic hydroxyl groups is 1. The van der Waals surface area contributed by atoms with Crippen LogP contribution in [0.4, 0.5) is 0 Å². The zero-order chi connectivity index (χ0) is 12.7. The van der Waals surface area contributed by atoms with Crippen LogP contribution in [0, 0.1) is 0 Å². The van der Waals surface area contributed by atoms with E-state index in [0.717, 1.165) is 5.56 Å². The molecule has 0 aliphatic carbocycles. The smallest absolute Gasteiger partial charge is 0.142 e. The predicted octanol–water partition coefficient (Wildman–Crippen LogP) is 1.84. The fourth-order valence-corrected chi connectivity index (χ4v) is 1.89. The molecule has 0 heterocycles. The molecule has 0 bridgehead atoms. The molecule has 0 aliphatic heterocycles. The SMILES string of the molecule is NCc1cc(Cl)cc(Cl)c1OCCOCCO. The Morgan fingerprint density at radius 2 is 1.94 bits per heavy atom. The van der Waals surface area contributed by atoms with Crippen LogP contribution in [-0.4, -0.2) is 31.5 Å². The van der Waals surface area contributed by atoms with Gasteiger partial charge < -0.3 is 20.3 Å². The maximum Gasteiger partial charge on any atom is 0.142 e. The molecule has 6 heteroatoms. The van der Waals surface area contributed by atoms with Crippen molar-refractivity contribution in [2.75, 3.05) is 26.4 Å². The Kier molecular flexibility index (Phi) is 6.62. The van der Waals surface area contributed by atoms with Crippen molar-refractivity contribution >= 4 is 23.2 Å². The molecule has 0 atom stereocenters. The van der Waals surface area contributed by atoms with Crippen LogP contribution in [0.1, 0.15) is 5.56 Å². The molecular weight excluding hydrogens is 265 g/mol. The molecule has 0 spiro atoms. The summed E-state index contributed by atoms with van der Waals surface area (Å²) in [7, 11) is 0. The van der Waals surface area contributed by atoms with Gasteiger partial charge in [-0.15, -0.1) is 0 Å². The summed E-state index contributed by atoms with van der Waals surface area (Å²) < 4.78 is 10.5. The third kappa shape index (κ3) is 4.69. The Morgan fingerprint density at radius 3 is 2.59 bits per heavy atom. The summed E-state index contributed by atoms with van der Waals surface area (Å²) in [6.45, 7) is 1.31. The minimum Gasteiger partial charge on any atom is -0.489 e. The van der Waals surface area contributed by atoms with E-state index in [0.29, 0.717) is 42.2 Å². The fourth-order valence-electron chi connectivity index (χ4n) is 1.30. The average molecular weight is 280 g/mol. The summed E-state index contributed by atoms with van der Waals surface area (Å²) in [4.78, 5) is 0. The topological polar surface area (TPSA) is 64.7 Å². The van der Waals surface area contributed by atoms with Gasteiger partial charge in [0, 0.05) is 17.1 Å². The second kappa shape index (κ2) is 7.74. The minimum absolute atomic E-state index is 0.00422. The zero-order valence-electron chi connectivity index (χ0n) is 9.29. The highest BCUT2D eigenvalue weighted by Crippen LogP contribution is 2.32. The van der Waals surface area contributed by atoms with Crippen LogP contribution < -0.4 is 10.5 Å². The lowest BCUT2D eigenvalue weighted by molar-refractivity contribution is 0.0703. The highest BCUT2D eigenvalue weighted by molar-refractivity contribution is 6.35. The number of hydrogen-bond acceptors (Lipinski definition) is 4. The van der Waals surface area contributed by atoms with E-state index in [9.17, 15) is 0 Å². The predicted molar refractivity (Wildman–Crippen MR) is 67.8 cm³/mol. The fraction of sp³-hybridized carbons (Fsp3) is 0.455. The molecule has 1 aromatic carbocycles. The normalized spacial score (nSPS) is 10.6. The van der Waals surface area contributed by atoms with Crippen molar-refractivity contribution in [3.8, 4) is 5.75 Å². The number of hydrogen-bond donors (Lipinski definition) is 2. The molecule has 3 N–H and O–H groups in total. The van der Waals surface area contributed by atoms with Crippen molar-refractivity contribution in [2.45, 2.75) is 6.54 Å². The van der Waals surface area contributed by atoms with Gasteiger partial charge in [-0.25, -0.2) is 0 Å². The van der Waals surface area contributed by atoms with E-state index in [1.54, 1.807) is 12.1 Å². The van der Waals surface area contributed by atoms with Crippen LogP contribution >= 0.6 is 23.2 Å². The van der Waals surface area contributed by atoms with Gasteiger partial charge in [-0.1, -0.05) is 23.2 Å². The van der Waals surface area contributed by atoms with Crippen molar-refractivity contribution in [3.05, 3.63) is 27.7 Å². The molecule has 1 aromatic rings. The van der Waals surface area contributed by atoms with E-state index < -0.39 is 0 Å². The third-order valence-electron chi connectivity index (χ3n) is 2.01. The van der Waals surface area contributed by atoms with Crippen molar-refractivity contribution in [1.29, 1.82) is 0 Å². The number of nitrogens with two attached hydrogens (primary N) is 1. The molecular formula is C11H15Cl2NO3. The molecule has 0 aliphatic rings. The van der Waals surface area contributed by atoms with Gasteiger partial charge in [0.2, 0.25) is 0 Å². The van der Waals surface area contributed by atoms with Gasteiger partial charge in [0.05, 0.1) is 24.8 Å². The molecule has 17 heavy (non-hydrogen) atoms. The second-order valence-corrected chi connectivity index (χ2v) is 4.11. The van der Waals surface area contributed by atoms with Crippen molar-refractivity contribution in [2.24, 2.45) is 5.73 Å². The number of aliphatic hydroxyl groups excluding tert-OH is 1. The Hall–Kier alpha value is -0.520. The van der Waals surface area contributed by atoms with E-state index in [-0.39, 0.29) is 6.61 Å². The lowest BCUT2D eigenvalue weighted by Crippen LogP contribution is -2.11. The lowest BCUT2D eigenvalue weighted by atomic mass is 10.2. The second-order valence-electron chi connectivity index (χ2n) is 3.26. The van der Waals surface area contributed by atoms with E-state index in [1.807, 2.05) is 0 Å².